The van der Waals surface area contributed by atoms with Gasteiger partial charge in [0.2, 0.25) is 0 Å². The van der Waals surface area contributed by atoms with Crippen molar-refractivity contribution in [1.29, 1.82) is 0 Å². The zero-order valence-electron chi connectivity index (χ0n) is 12.4. The molecule has 0 spiro atoms. The standard InChI is InChI=1S/C15H18N6/c1-11(14-6-8-18-20(14)3)19-13-5-4-7-17-15(13)21-10-9-16-12(21)2/h4-11,19H,1-3H3. The van der Waals surface area contributed by atoms with Gasteiger partial charge in [0.05, 0.1) is 17.4 Å². The number of pyridine rings is 1. The van der Waals surface area contributed by atoms with E-state index in [4.69, 9.17) is 0 Å². The van der Waals surface area contributed by atoms with Crippen LogP contribution in [0.25, 0.3) is 5.82 Å². The van der Waals surface area contributed by atoms with E-state index in [2.05, 4.69) is 27.3 Å². The van der Waals surface area contributed by atoms with Crippen LogP contribution in [0.2, 0.25) is 0 Å². The van der Waals surface area contributed by atoms with Crippen molar-refractivity contribution < 1.29 is 0 Å². The maximum Gasteiger partial charge on any atom is 0.161 e. The SMILES string of the molecule is Cc1nccn1-c1ncccc1NC(C)c1ccnn1C. The molecule has 1 unspecified atom stereocenters. The molecule has 0 aromatic carbocycles. The predicted molar refractivity (Wildman–Crippen MR) is 81.3 cm³/mol. The lowest BCUT2D eigenvalue weighted by Gasteiger charge is -2.18. The topological polar surface area (TPSA) is 60.6 Å². The number of nitrogens with zero attached hydrogens (tertiary/aromatic N) is 5. The second kappa shape index (κ2) is 5.40. The zero-order chi connectivity index (χ0) is 14.8. The molecule has 3 aromatic rings. The lowest BCUT2D eigenvalue weighted by Crippen LogP contribution is -2.13. The van der Waals surface area contributed by atoms with Gasteiger partial charge in [-0.05, 0) is 32.0 Å². The van der Waals surface area contributed by atoms with Gasteiger partial charge in [-0.15, -0.1) is 0 Å². The number of nitrogens with one attached hydrogen (secondary N) is 1. The summed E-state index contributed by atoms with van der Waals surface area (Å²) in [5.74, 6) is 1.76. The van der Waals surface area contributed by atoms with Crippen molar-refractivity contribution in [2.75, 3.05) is 5.32 Å². The summed E-state index contributed by atoms with van der Waals surface area (Å²) in [6.45, 7) is 4.07. The number of rotatable bonds is 4. The van der Waals surface area contributed by atoms with E-state index in [0.717, 1.165) is 23.0 Å². The van der Waals surface area contributed by atoms with Gasteiger partial charge in [-0.25, -0.2) is 9.97 Å². The molecule has 0 fully saturated rings. The maximum absolute atomic E-state index is 4.48. The Morgan fingerprint density at radius 3 is 2.67 bits per heavy atom. The fraction of sp³-hybridized carbons (Fsp3) is 0.267. The monoisotopic (exact) mass is 282 g/mol. The quantitative estimate of drug-likeness (QED) is 0.798. The summed E-state index contributed by atoms with van der Waals surface area (Å²) in [4.78, 5) is 8.74. The van der Waals surface area contributed by atoms with E-state index in [1.54, 1.807) is 18.6 Å². The normalized spacial score (nSPS) is 12.3. The number of imidazole rings is 1. The van der Waals surface area contributed by atoms with Gasteiger partial charge in [0.1, 0.15) is 5.82 Å². The molecule has 0 aliphatic carbocycles. The Morgan fingerprint density at radius 1 is 1.14 bits per heavy atom. The average Bonchev–Trinajstić information content (AvgIpc) is 3.08. The molecule has 0 aliphatic heterocycles. The second-order valence-electron chi connectivity index (χ2n) is 4.96. The maximum atomic E-state index is 4.48. The molecule has 1 atom stereocenters. The van der Waals surface area contributed by atoms with Crippen LogP contribution in [0.5, 0.6) is 0 Å². The largest absolute Gasteiger partial charge is 0.374 e. The highest BCUT2D eigenvalue weighted by Gasteiger charge is 2.13. The van der Waals surface area contributed by atoms with Gasteiger partial charge in [0.25, 0.3) is 0 Å². The lowest BCUT2D eigenvalue weighted by molar-refractivity contribution is 0.675. The molecule has 108 valence electrons. The Bertz CT molecular complexity index is 742. The van der Waals surface area contributed by atoms with Crippen LogP contribution in [-0.2, 0) is 7.05 Å². The van der Waals surface area contributed by atoms with Crippen LogP contribution in [0.4, 0.5) is 5.69 Å². The van der Waals surface area contributed by atoms with Crippen LogP contribution in [0.3, 0.4) is 0 Å². The summed E-state index contributed by atoms with van der Waals surface area (Å²) in [6.07, 6.45) is 7.28. The van der Waals surface area contributed by atoms with E-state index in [1.165, 1.54) is 0 Å². The summed E-state index contributed by atoms with van der Waals surface area (Å²) in [5.41, 5.74) is 2.08. The summed E-state index contributed by atoms with van der Waals surface area (Å²) in [6, 6.07) is 6.09. The van der Waals surface area contributed by atoms with Crippen molar-refractivity contribution in [3.05, 3.63) is 54.5 Å². The molecule has 1 N–H and O–H groups in total. The first kappa shape index (κ1) is 13.4. The van der Waals surface area contributed by atoms with Crippen LogP contribution in [0.1, 0.15) is 24.5 Å². The minimum atomic E-state index is 0.129. The molecule has 6 nitrogen and oxygen atoms in total. The van der Waals surface area contributed by atoms with Crippen LogP contribution in [0, 0.1) is 6.92 Å². The van der Waals surface area contributed by atoms with E-state index in [1.807, 2.05) is 47.6 Å². The van der Waals surface area contributed by atoms with Gasteiger partial charge in [0, 0.05) is 31.8 Å². The van der Waals surface area contributed by atoms with Gasteiger partial charge in [-0.2, -0.15) is 5.10 Å². The van der Waals surface area contributed by atoms with Gasteiger partial charge in [0.15, 0.2) is 5.82 Å². The molecular formula is C15H18N6. The first-order valence-corrected chi connectivity index (χ1v) is 6.86. The van der Waals surface area contributed by atoms with Crippen molar-refractivity contribution in [1.82, 2.24) is 24.3 Å². The molecule has 0 radical (unpaired) electrons. The Morgan fingerprint density at radius 2 is 2.00 bits per heavy atom. The van der Waals surface area contributed by atoms with Crippen LogP contribution in [-0.4, -0.2) is 24.3 Å². The van der Waals surface area contributed by atoms with E-state index in [0.29, 0.717) is 0 Å². The van der Waals surface area contributed by atoms with Crippen molar-refractivity contribution in [3.8, 4) is 5.82 Å². The molecule has 0 bridgehead atoms. The number of hydrogen-bond acceptors (Lipinski definition) is 4. The molecule has 0 amide bonds. The zero-order valence-corrected chi connectivity index (χ0v) is 12.4. The van der Waals surface area contributed by atoms with Gasteiger partial charge >= 0.3 is 0 Å². The molecule has 6 heteroatoms. The third kappa shape index (κ3) is 2.52. The molecule has 3 heterocycles. The third-order valence-electron chi connectivity index (χ3n) is 3.52. The van der Waals surface area contributed by atoms with Crippen molar-refractivity contribution in [2.45, 2.75) is 19.9 Å². The number of aryl methyl sites for hydroxylation is 2. The van der Waals surface area contributed by atoms with Crippen LogP contribution >= 0.6 is 0 Å². The second-order valence-corrected chi connectivity index (χ2v) is 4.96. The Kier molecular flexibility index (Phi) is 3.43. The van der Waals surface area contributed by atoms with Crippen molar-refractivity contribution in [2.24, 2.45) is 7.05 Å². The van der Waals surface area contributed by atoms with E-state index in [-0.39, 0.29) is 6.04 Å². The Balaban J connectivity index is 1.93. The van der Waals surface area contributed by atoms with Crippen molar-refractivity contribution >= 4 is 5.69 Å². The third-order valence-corrected chi connectivity index (χ3v) is 3.52. The number of aromatic nitrogens is 5. The van der Waals surface area contributed by atoms with E-state index >= 15 is 0 Å². The Hall–Kier alpha value is -2.63. The summed E-state index contributed by atoms with van der Waals surface area (Å²) in [7, 11) is 1.94. The van der Waals surface area contributed by atoms with Gasteiger partial charge in [-0.3, -0.25) is 9.25 Å². The fourth-order valence-electron chi connectivity index (χ4n) is 2.42. The summed E-state index contributed by atoms with van der Waals surface area (Å²) < 4.78 is 3.84. The molecule has 3 aromatic heterocycles. The highest BCUT2D eigenvalue weighted by molar-refractivity contribution is 5.58. The molecule has 0 saturated carbocycles. The molecular weight excluding hydrogens is 264 g/mol. The predicted octanol–water partition coefficient (Wildman–Crippen LogP) is 2.48. The smallest absolute Gasteiger partial charge is 0.161 e. The molecule has 0 aliphatic rings. The van der Waals surface area contributed by atoms with E-state index in [9.17, 15) is 0 Å². The molecule has 3 rings (SSSR count). The number of anilines is 1. The first-order valence-electron chi connectivity index (χ1n) is 6.86. The minimum absolute atomic E-state index is 0.129. The summed E-state index contributed by atoms with van der Waals surface area (Å²) in [5, 5.41) is 7.71. The summed E-state index contributed by atoms with van der Waals surface area (Å²) >= 11 is 0. The average molecular weight is 282 g/mol. The van der Waals surface area contributed by atoms with E-state index < -0.39 is 0 Å². The van der Waals surface area contributed by atoms with Crippen molar-refractivity contribution in [3.63, 3.8) is 0 Å². The molecule has 0 saturated heterocycles. The lowest BCUT2D eigenvalue weighted by atomic mass is 10.2. The molecule has 21 heavy (non-hydrogen) atoms. The van der Waals surface area contributed by atoms with Crippen LogP contribution in [0.15, 0.2) is 43.0 Å². The highest BCUT2D eigenvalue weighted by atomic mass is 15.3. The van der Waals surface area contributed by atoms with Gasteiger partial charge < -0.3 is 5.32 Å². The Labute approximate surface area is 123 Å². The highest BCUT2D eigenvalue weighted by Crippen LogP contribution is 2.23. The van der Waals surface area contributed by atoms with Gasteiger partial charge in [-0.1, -0.05) is 0 Å². The fourth-order valence-corrected chi connectivity index (χ4v) is 2.42. The number of hydrogen-bond donors (Lipinski definition) is 1. The van der Waals surface area contributed by atoms with Crippen LogP contribution < -0.4 is 5.32 Å². The first-order chi connectivity index (χ1) is 10.2. The minimum Gasteiger partial charge on any atom is -0.374 e.